The summed E-state index contributed by atoms with van der Waals surface area (Å²) in [6.45, 7) is 4.36. The Hall–Kier alpha value is -0.710. The molecule has 1 aromatic rings. The lowest BCUT2D eigenvalue weighted by molar-refractivity contribution is -0.117. The summed E-state index contributed by atoms with van der Waals surface area (Å²) in [5.74, 6) is 1.20. The third-order valence-electron chi connectivity index (χ3n) is 4.02. The Morgan fingerprint density at radius 3 is 2.71 bits per heavy atom. The van der Waals surface area contributed by atoms with Crippen molar-refractivity contribution in [3.8, 4) is 0 Å². The van der Waals surface area contributed by atoms with Gasteiger partial charge in [0.15, 0.2) is 0 Å². The van der Waals surface area contributed by atoms with Gasteiger partial charge in [-0.05, 0) is 68.3 Å². The third-order valence-corrected chi connectivity index (χ3v) is 4.76. The first-order valence-electron chi connectivity index (χ1n) is 7.33. The Bertz CT molecular complexity index is 432. The second-order valence-electron chi connectivity index (χ2n) is 5.56. The average Bonchev–Trinajstić information content (AvgIpc) is 2.49. The number of thioether (sulfide) groups is 1. The second kappa shape index (κ2) is 9.34. The molecule has 2 rings (SSSR count). The number of amides is 1. The SMILES string of the molecule is CSc1ccc(NC(=O)CC(C)C2CCCNC2)cc1.Cl. The van der Waals surface area contributed by atoms with Gasteiger partial charge in [-0.3, -0.25) is 4.79 Å². The van der Waals surface area contributed by atoms with Gasteiger partial charge in [0.1, 0.15) is 0 Å². The quantitative estimate of drug-likeness (QED) is 0.808. The van der Waals surface area contributed by atoms with E-state index in [1.807, 2.05) is 30.5 Å². The van der Waals surface area contributed by atoms with Crippen LogP contribution in [0.25, 0.3) is 0 Å². The molecule has 2 N–H and O–H groups in total. The molecule has 1 saturated heterocycles. The van der Waals surface area contributed by atoms with Gasteiger partial charge in [0, 0.05) is 17.0 Å². The Morgan fingerprint density at radius 1 is 1.43 bits per heavy atom. The molecule has 1 aromatic carbocycles. The maximum atomic E-state index is 12.1. The van der Waals surface area contributed by atoms with Gasteiger partial charge in [-0.1, -0.05) is 6.92 Å². The average molecular weight is 329 g/mol. The van der Waals surface area contributed by atoms with E-state index in [0.717, 1.165) is 18.8 Å². The topological polar surface area (TPSA) is 41.1 Å². The first kappa shape index (κ1) is 18.3. The minimum atomic E-state index is 0. The van der Waals surface area contributed by atoms with Crippen molar-refractivity contribution in [1.29, 1.82) is 0 Å². The van der Waals surface area contributed by atoms with E-state index in [0.29, 0.717) is 18.3 Å². The fraction of sp³-hybridized carbons (Fsp3) is 0.562. The summed E-state index contributed by atoms with van der Waals surface area (Å²) in [5.41, 5.74) is 0.891. The molecule has 0 spiro atoms. The molecule has 5 heteroatoms. The number of carbonyl (C=O) groups is 1. The van der Waals surface area contributed by atoms with E-state index in [-0.39, 0.29) is 18.3 Å². The molecule has 1 aliphatic heterocycles. The molecule has 0 aromatic heterocycles. The highest BCUT2D eigenvalue weighted by Gasteiger charge is 2.21. The minimum absolute atomic E-state index is 0. The highest BCUT2D eigenvalue weighted by molar-refractivity contribution is 7.98. The standard InChI is InChI=1S/C16H24N2OS.ClH/c1-12(13-4-3-9-17-11-13)10-16(19)18-14-5-7-15(20-2)8-6-14;/h5-8,12-13,17H,3-4,9-11H2,1-2H3,(H,18,19);1H. The van der Waals surface area contributed by atoms with Crippen LogP contribution in [0.1, 0.15) is 26.2 Å². The number of piperidine rings is 1. The highest BCUT2D eigenvalue weighted by atomic mass is 35.5. The van der Waals surface area contributed by atoms with Crippen LogP contribution < -0.4 is 10.6 Å². The van der Waals surface area contributed by atoms with Crippen molar-refractivity contribution >= 4 is 35.8 Å². The normalized spacial score (nSPS) is 19.4. The molecule has 1 fully saturated rings. The van der Waals surface area contributed by atoms with Gasteiger partial charge in [0.2, 0.25) is 5.91 Å². The summed E-state index contributed by atoms with van der Waals surface area (Å²) >= 11 is 1.71. The van der Waals surface area contributed by atoms with Crippen molar-refractivity contribution in [1.82, 2.24) is 5.32 Å². The maximum Gasteiger partial charge on any atom is 0.224 e. The van der Waals surface area contributed by atoms with E-state index in [4.69, 9.17) is 0 Å². The minimum Gasteiger partial charge on any atom is -0.326 e. The predicted molar refractivity (Wildman–Crippen MR) is 93.5 cm³/mol. The lowest BCUT2D eigenvalue weighted by Gasteiger charge is -2.28. The zero-order chi connectivity index (χ0) is 14.4. The summed E-state index contributed by atoms with van der Waals surface area (Å²) in [6.07, 6.45) is 5.13. The number of nitrogens with one attached hydrogen (secondary N) is 2. The van der Waals surface area contributed by atoms with Crippen LogP contribution in [0.3, 0.4) is 0 Å². The largest absolute Gasteiger partial charge is 0.326 e. The Balaban J connectivity index is 0.00000220. The lowest BCUT2D eigenvalue weighted by Crippen LogP contribution is -2.34. The number of hydrogen-bond donors (Lipinski definition) is 2. The van der Waals surface area contributed by atoms with Gasteiger partial charge < -0.3 is 10.6 Å². The van der Waals surface area contributed by atoms with E-state index >= 15 is 0 Å². The Kier molecular flexibility index (Phi) is 8.15. The van der Waals surface area contributed by atoms with Gasteiger partial charge in [0.05, 0.1) is 0 Å². The molecule has 0 radical (unpaired) electrons. The van der Waals surface area contributed by atoms with E-state index in [1.54, 1.807) is 11.8 Å². The van der Waals surface area contributed by atoms with Gasteiger partial charge in [-0.25, -0.2) is 0 Å². The molecule has 1 amide bonds. The van der Waals surface area contributed by atoms with Crippen LogP contribution >= 0.6 is 24.2 Å². The molecule has 1 aliphatic rings. The summed E-state index contributed by atoms with van der Waals surface area (Å²) in [7, 11) is 0. The van der Waals surface area contributed by atoms with Crippen LogP contribution in [0.4, 0.5) is 5.69 Å². The van der Waals surface area contributed by atoms with Gasteiger partial charge in [-0.2, -0.15) is 0 Å². The van der Waals surface area contributed by atoms with Crippen LogP contribution in [0.2, 0.25) is 0 Å². The molecule has 21 heavy (non-hydrogen) atoms. The zero-order valence-corrected chi connectivity index (χ0v) is 14.4. The first-order valence-corrected chi connectivity index (χ1v) is 8.56. The molecule has 118 valence electrons. The fourth-order valence-electron chi connectivity index (χ4n) is 2.71. The van der Waals surface area contributed by atoms with Crippen molar-refractivity contribution in [2.45, 2.75) is 31.1 Å². The molecule has 0 aliphatic carbocycles. The van der Waals surface area contributed by atoms with Crippen LogP contribution in [-0.2, 0) is 4.79 Å². The Morgan fingerprint density at radius 2 is 2.14 bits per heavy atom. The van der Waals surface area contributed by atoms with Crippen LogP contribution in [-0.4, -0.2) is 25.3 Å². The van der Waals surface area contributed by atoms with Crippen LogP contribution in [0.15, 0.2) is 29.2 Å². The summed E-state index contributed by atoms with van der Waals surface area (Å²) < 4.78 is 0. The van der Waals surface area contributed by atoms with Crippen molar-refractivity contribution in [3.63, 3.8) is 0 Å². The van der Waals surface area contributed by atoms with Crippen molar-refractivity contribution in [3.05, 3.63) is 24.3 Å². The van der Waals surface area contributed by atoms with E-state index in [1.165, 1.54) is 17.7 Å². The lowest BCUT2D eigenvalue weighted by atomic mass is 9.85. The fourth-order valence-corrected chi connectivity index (χ4v) is 3.12. The number of benzene rings is 1. The summed E-state index contributed by atoms with van der Waals surface area (Å²) in [5, 5.41) is 6.41. The maximum absolute atomic E-state index is 12.1. The number of halogens is 1. The number of anilines is 1. The monoisotopic (exact) mass is 328 g/mol. The number of hydrogen-bond acceptors (Lipinski definition) is 3. The zero-order valence-electron chi connectivity index (χ0n) is 12.7. The first-order chi connectivity index (χ1) is 9.69. The van der Waals surface area contributed by atoms with E-state index in [9.17, 15) is 4.79 Å². The number of carbonyl (C=O) groups excluding carboxylic acids is 1. The molecular formula is C16H25ClN2OS. The van der Waals surface area contributed by atoms with Crippen LogP contribution in [0.5, 0.6) is 0 Å². The van der Waals surface area contributed by atoms with Gasteiger partial charge in [-0.15, -0.1) is 24.2 Å². The van der Waals surface area contributed by atoms with Crippen molar-refractivity contribution < 1.29 is 4.79 Å². The number of rotatable bonds is 5. The van der Waals surface area contributed by atoms with E-state index < -0.39 is 0 Å². The Labute approximate surface area is 138 Å². The molecule has 2 atom stereocenters. The second-order valence-corrected chi connectivity index (χ2v) is 6.44. The molecular weight excluding hydrogens is 304 g/mol. The molecule has 3 nitrogen and oxygen atoms in total. The van der Waals surface area contributed by atoms with Gasteiger partial charge >= 0.3 is 0 Å². The summed E-state index contributed by atoms with van der Waals surface area (Å²) in [4.78, 5) is 13.3. The van der Waals surface area contributed by atoms with Crippen LogP contribution in [0, 0.1) is 11.8 Å². The van der Waals surface area contributed by atoms with E-state index in [2.05, 4.69) is 17.6 Å². The molecule has 1 heterocycles. The predicted octanol–water partition coefficient (Wildman–Crippen LogP) is 3.79. The van der Waals surface area contributed by atoms with Crippen molar-refractivity contribution in [2.24, 2.45) is 11.8 Å². The molecule has 0 bridgehead atoms. The molecule has 0 saturated carbocycles. The van der Waals surface area contributed by atoms with Gasteiger partial charge in [0.25, 0.3) is 0 Å². The molecule has 2 unspecified atom stereocenters. The highest BCUT2D eigenvalue weighted by Crippen LogP contribution is 2.23. The summed E-state index contributed by atoms with van der Waals surface area (Å²) in [6, 6.07) is 8.01. The third kappa shape index (κ3) is 5.89. The van der Waals surface area contributed by atoms with Crippen molar-refractivity contribution in [2.75, 3.05) is 24.7 Å². The smallest absolute Gasteiger partial charge is 0.224 e.